The maximum atomic E-state index is 10.00. The Morgan fingerprint density at radius 2 is 2.22 bits per heavy atom. The van der Waals surface area contributed by atoms with Crippen LogP contribution in [0.1, 0.15) is 6.92 Å². The third kappa shape index (κ3) is 4.06. The van der Waals surface area contributed by atoms with Gasteiger partial charge >= 0.3 is 14.0 Å². The zero-order valence-corrected chi connectivity index (χ0v) is 5.84. The topological polar surface area (TPSA) is 74.6 Å². The summed E-state index contributed by atoms with van der Waals surface area (Å²) in [5.74, 6) is -1.76. The summed E-state index contributed by atoms with van der Waals surface area (Å²) < 4.78 is 10.00. The van der Waals surface area contributed by atoms with Crippen LogP contribution in [0.2, 0.25) is 0 Å². The first-order chi connectivity index (χ1) is 4.04. The average molecular weight is 151 g/mol. The molecule has 2 atom stereocenters. The van der Waals surface area contributed by atoms with E-state index in [1.807, 2.05) is 0 Å². The summed E-state index contributed by atoms with van der Waals surface area (Å²) >= 11 is 0. The minimum absolute atomic E-state index is 0.162. The summed E-state index contributed by atoms with van der Waals surface area (Å²) in [5, 5.41) is 8.19. The van der Waals surface area contributed by atoms with E-state index in [9.17, 15) is 9.36 Å². The Hall–Kier alpha value is -0.470. The number of hydrogen-bond acceptors (Lipinski definition) is 2. The molecule has 9 heavy (non-hydrogen) atoms. The van der Waals surface area contributed by atoms with E-state index in [4.69, 9.17) is 10.00 Å². The van der Waals surface area contributed by atoms with Gasteiger partial charge in [0.1, 0.15) is 5.92 Å². The SMILES string of the molecule is CC(C[P+](=O)O)C(=O)O. The Bertz CT molecular complexity index is 133. The van der Waals surface area contributed by atoms with Crippen molar-refractivity contribution in [2.45, 2.75) is 6.92 Å². The lowest BCUT2D eigenvalue weighted by Gasteiger charge is -1.92. The first-order valence-electron chi connectivity index (χ1n) is 2.40. The molecule has 0 saturated heterocycles. The lowest BCUT2D eigenvalue weighted by molar-refractivity contribution is -0.140. The van der Waals surface area contributed by atoms with Crippen molar-refractivity contribution in [3.05, 3.63) is 0 Å². The van der Waals surface area contributed by atoms with Crippen LogP contribution >= 0.6 is 8.03 Å². The van der Waals surface area contributed by atoms with Crippen LogP contribution < -0.4 is 0 Å². The molecule has 0 aliphatic rings. The second kappa shape index (κ2) is 3.54. The van der Waals surface area contributed by atoms with Crippen molar-refractivity contribution in [2.75, 3.05) is 6.16 Å². The van der Waals surface area contributed by atoms with Gasteiger partial charge in [0.2, 0.25) is 0 Å². The van der Waals surface area contributed by atoms with Gasteiger partial charge in [-0.2, -0.15) is 4.89 Å². The minimum atomic E-state index is -2.30. The van der Waals surface area contributed by atoms with Crippen LogP contribution in [0, 0.1) is 5.92 Å². The smallest absolute Gasteiger partial charge is 0.481 e. The van der Waals surface area contributed by atoms with Crippen molar-refractivity contribution in [3.8, 4) is 0 Å². The standard InChI is InChI=1S/C4H7O4P/c1-3(4(5)6)2-9(7)8/h3H,2H2,1H3,(H-,5,6,7,8)/p+1. The molecule has 4 nitrogen and oxygen atoms in total. The van der Waals surface area contributed by atoms with E-state index in [0.29, 0.717) is 0 Å². The van der Waals surface area contributed by atoms with Gasteiger partial charge in [0.05, 0.1) is 0 Å². The predicted octanol–water partition coefficient (Wildman–Crippen LogP) is 0.442. The van der Waals surface area contributed by atoms with Crippen LogP contribution in [-0.2, 0) is 9.36 Å². The molecular formula is C4H8O4P+. The summed E-state index contributed by atoms with van der Waals surface area (Å²) in [6.45, 7) is 1.39. The van der Waals surface area contributed by atoms with Crippen molar-refractivity contribution in [3.63, 3.8) is 0 Å². The zero-order valence-electron chi connectivity index (χ0n) is 4.94. The van der Waals surface area contributed by atoms with Crippen LogP contribution in [-0.4, -0.2) is 22.1 Å². The fraction of sp³-hybridized carbons (Fsp3) is 0.750. The van der Waals surface area contributed by atoms with Crippen LogP contribution in [0.4, 0.5) is 0 Å². The second-order valence-electron chi connectivity index (χ2n) is 1.77. The number of aliphatic carboxylic acids is 1. The van der Waals surface area contributed by atoms with E-state index >= 15 is 0 Å². The highest BCUT2D eigenvalue weighted by molar-refractivity contribution is 7.38. The molecule has 52 valence electrons. The summed E-state index contributed by atoms with van der Waals surface area (Å²) in [6.07, 6.45) is -0.162. The van der Waals surface area contributed by atoms with Gasteiger partial charge in [-0.05, 0) is 11.5 Å². The van der Waals surface area contributed by atoms with Crippen molar-refractivity contribution in [2.24, 2.45) is 5.92 Å². The lowest BCUT2D eigenvalue weighted by atomic mass is 10.2. The third-order valence-corrected chi connectivity index (χ3v) is 1.71. The Balaban J connectivity index is 3.63. The molecule has 0 saturated carbocycles. The number of hydrogen-bond donors (Lipinski definition) is 2. The Morgan fingerprint density at radius 1 is 1.78 bits per heavy atom. The van der Waals surface area contributed by atoms with Gasteiger partial charge < -0.3 is 5.11 Å². The number of carboxylic acid groups (broad SMARTS) is 1. The third-order valence-electron chi connectivity index (χ3n) is 0.852. The van der Waals surface area contributed by atoms with Gasteiger partial charge in [-0.3, -0.25) is 4.79 Å². The molecule has 0 amide bonds. The highest BCUT2D eigenvalue weighted by atomic mass is 31.1. The normalized spacial score (nSPS) is 14.7. The van der Waals surface area contributed by atoms with Gasteiger partial charge in [-0.25, -0.2) is 0 Å². The van der Waals surface area contributed by atoms with Gasteiger partial charge in [-0.15, -0.1) is 0 Å². The van der Waals surface area contributed by atoms with Crippen LogP contribution in [0.15, 0.2) is 0 Å². The Morgan fingerprint density at radius 3 is 2.33 bits per heavy atom. The number of rotatable bonds is 3. The van der Waals surface area contributed by atoms with Crippen LogP contribution in [0.5, 0.6) is 0 Å². The average Bonchev–Trinajstić information content (AvgIpc) is 1.63. The summed E-state index contributed by atoms with van der Waals surface area (Å²) in [4.78, 5) is 18.2. The highest BCUT2D eigenvalue weighted by Crippen LogP contribution is 2.17. The molecule has 0 aromatic heterocycles. The van der Waals surface area contributed by atoms with Crippen molar-refractivity contribution >= 4 is 14.0 Å². The molecule has 0 aliphatic carbocycles. The molecule has 0 bridgehead atoms. The largest absolute Gasteiger partial charge is 0.506 e. The number of carbonyl (C=O) groups is 1. The van der Waals surface area contributed by atoms with E-state index < -0.39 is 19.9 Å². The molecule has 0 heterocycles. The molecule has 0 spiro atoms. The molecule has 5 heteroatoms. The molecular weight excluding hydrogens is 143 g/mol. The summed E-state index contributed by atoms with van der Waals surface area (Å²) in [6, 6.07) is 0. The molecule has 0 aromatic carbocycles. The Kier molecular flexibility index (Phi) is 3.35. The quantitative estimate of drug-likeness (QED) is 0.574. The molecule has 0 radical (unpaired) electrons. The van der Waals surface area contributed by atoms with Gasteiger partial charge in [-0.1, -0.05) is 0 Å². The first-order valence-corrected chi connectivity index (χ1v) is 3.80. The van der Waals surface area contributed by atoms with E-state index in [0.717, 1.165) is 0 Å². The van der Waals surface area contributed by atoms with Crippen LogP contribution in [0.3, 0.4) is 0 Å². The lowest BCUT2D eigenvalue weighted by Crippen LogP contribution is -2.11. The predicted molar refractivity (Wildman–Crippen MR) is 31.5 cm³/mol. The van der Waals surface area contributed by atoms with E-state index in [1.165, 1.54) is 6.92 Å². The monoisotopic (exact) mass is 151 g/mol. The second-order valence-corrected chi connectivity index (χ2v) is 2.84. The summed E-state index contributed by atoms with van der Waals surface area (Å²) in [5.41, 5.74) is 0. The maximum Gasteiger partial charge on any atom is 0.506 e. The summed E-state index contributed by atoms with van der Waals surface area (Å²) in [7, 11) is -2.30. The molecule has 0 aromatic rings. The molecule has 2 N–H and O–H groups in total. The Labute approximate surface area is 53.4 Å². The van der Waals surface area contributed by atoms with Gasteiger partial charge in [0, 0.05) is 0 Å². The van der Waals surface area contributed by atoms with E-state index in [-0.39, 0.29) is 6.16 Å². The van der Waals surface area contributed by atoms with Gasteiger partial charge in [0.15, 0.2) is 6.16 Å². The molecule has 0 rings (SSSR count). The molecule has 0 aliphatic heterocycles. The molecule has 2 unspecified atom stereocenters. The van der Waals surface area contributed by atoms with Crippen LogP contribution in [0.25, 0.3) is 0 Å². The molecule has 0 fully saturated rings. The van der Waals surface area contributed by atoms with Gasteiger partial charge in [0.25, 0.3) is 0 Å². The first kappa shape index (κ1) is 8.53. The zero-order chi connectivity index (χ0) is 7.44. The highest BCUT2D eigenvalue weighted by Gasteiger charge is 2.22. The van der Waals surface area contributed by atoms with E-state index in [1.54, 1.807) is 0 Å². The maximum absolute atomic E-state index is 10.00. The number of carboxylic acids is 1. The fourth-order valence-corrected chi connectivity index (χ4v) is 0.937. The fourth-order valence-electron chi connectivity index (χ4n) is 0.312. The minimum Gasteiger partial charge on any atom is -0.481 e. The van der Waals surface area contributed by atoms with Crippen molar-refractivity contribution in [1.82, 2.24) is 0 Å². The van der Waals surface area contributed by atoms with Crippen molar-refractivity contribution in [1.29, 1.82) is 0 Å². The van der Waals surface area contributed by atoms with E-state index in [2.05, 4.69) is 0 Å². The van der Waals surface area contributed by atoms with Crippen molar-refractivity contribution < 1.29 is 19.4 Å².